The van der Waals surface area contributed by atoms with Gasteiger partial charge in [-0.25, -0.2) is 14.8 Å². The predicted molar refractivity (Wildman–Crippen MR) is 131 cm³/mol. The minimum absolute atomic E-state index is 0.0338. The van der Waals surface area contributed by atoms with Crippen LogP contribution in [0.25, 0.3) is 10.2 Å². The third kappa shape index (κ3) is 4.78. The number of carbonyl (C=O) groups excluding carboxylic acids is 1. The van der Waals surface area contributed by atoms with Crippen LogP contribution in [0.15, 0.2) is 58.8 Å². The van der Waals surface area contributed by atoms with E-state index in [1.807, 2.05) is 42.3 Å². The lowest BCUT2D eigenvalue weighted by Crippen LogP contribution is -2.49. The Hall–Kier alpha value is -3.37. The fraction of sp³-hybridized carbons (Fsp3) is 0.375. The van der Waals surface area contributed by atoms with Crippen LogP contribution in [0.4, 0.5) is 5.82 Å². The summed E-state index contributed by atoms with van der Waals surface area (Å²) in [5.41, 5.74) is 2.64. The van der Waals surface area contributed by atoms with Crippen molar-refractivity contribution < 1.29 is 9.63 Å². The van der Waals surface area contributed by atoms with Gasteiger partial charge in [0.05, 0.1) is 18.1 Å². The molecular weight excluding hydrogens is 450 g/mol. The van der Waals surface area contributed by atoms with E-state index in [-0.39, 0.29) is 5.91 Å². The Bertz CT molecular complexity index is 1250. The summed E-state index contributed by atoms with van der Waals surface area (Å²) in [6.07, 6.45) is 4.44. The molecule has 1 amide bonds. The van der Waals surface area contributed by atoms with Crippen molar-refractivity contribution in [1.82, 2.24) is 20.0 Å². The lowest BCUT2D eigenvalue weighted by atomic mass is 10.1. The first-order chi connectivity index (χ1) is 16.6. The molecule has 0 N–H and O–H groups in total. The van der Waals surface area contributed by atoms with Gasteiger partial charge in [-0.1, -0.05) is 19.1 Å². The van der Waals surface area contributed by atoms with Crippen LogP contribution < -0.4 is 4.90 Å². The molecule has 0 atom stereocenters. The molecule has 4 heterocycles. The van der Waals surface area contributed by atoms with E-state index in [2.05, 4.69) is 38.2 Å². The minimum Gasteiger partial charge on any atom is -0.352 e. The average molecular weight is 478 g/mol. The monoisotopic (exact) mass is 477 g/mol. The van der Waals surface area contributed by atoms with Gasteiger partial charge in [-0.3, -0.25) is 4.79 Å². The Morgan fingerprint density at radius 1 is 1.15 bits per heavy atom. The fourth-order valence-corrected chi connectivity index (χ4v) is 5.01. The maximum Gasteiger partial charge on any atom is 0.253 e. The molecule has 176 valence electrons. The zero-order chi connectivity index (χ0) is 23.5. The molecule has 10 heteroatoms. The van der Waals surface area contributed by atoms with Crippen LogP contribution in [0.1, 0.15) is 34.6 Å². The molecule has 34 heavy (non-hydrogen) atoms. The van der Waals surface area contributed by atoms with Gasteiger partial charge in [-0.15, -0.1) is 16.5 Å². The number of aryl methyl sites for hydroxylation is 1. The van der Waals surface area contributed by atoms with Crippen LogP contribution in [0.2, 0.25) is 0 Å². The molecule has 0 radical (unpaired) electrons. The van der Waals surface area contributed by atoms with Crippen LogP contribution in [0.5, 0.6) is 0 Å². The van der Waals surface area contributed by atoms with Crippen molar-refractivity contribution in [2.75, 3.05) is 37.6 Å². The maximum absolute atomic E-state index is 13.2. The number of amides is 1. The van der Waals surface area contributed by atoms with Gasteiger partial charge < -0.3 is 9.80 Å². The summed E-state index contributed by atoms with van der Waals surface area (Å²) in [6.45, 7) is 7.80. The fourth-order valence-electron chi connectivity index (χ4n) is 4.08. The molecule has 1 fully saturated rings. The van der Waals surface area contributed by atoms with Gasteiger partial charge in [0.15, 0.2) is 0 Å². The normalized spacial score (nSPS) is 16.3. The number of fused-ring (bicyclic) bond motifs is 1. The molecule has 3 aromatic rings. The van der Waals surface area contributed by atoms with Gasteiger partial charge in [-0.2, -0.15) is 5.11 Å². The SMILES string of the molecule is CCc1cc2c(N3CCN(C(=O)c4cccc(CON5C=C(C)CN=N5)c4)CC3)ncnc2s1. The molecule has 1 aromatic carbocycles. The Kier molecular flexibility index (Phi) is 6.50. The highest BCUT2D eigenvalue weighted by Gasteiger charge is 2.24. The molecule has 2 aliphatic heterocycles. The standard InChI is InChI=1S/C24H27N7O2S/c1-3-20-12-21-22(25-16-26-23(21)34-20)29-7-9-30(10-8-29)24(32)19-6-4-5-18(11-19)15-33-31-14-17(2)13-27-28-31/h4-6,11-12,14,16H,3,7-10,13,15H2,1-2H3. The van der Waals surface area contributed by atoms with Crippen LogP contribution in [-0.2, 0) is 17.9 Å². The highest BCUT2D eigenvalue weighted by Crippen LogP contribution is 2.31. The van der Waals surface area contributed by atoms with Crippen LogP contribution in [-0.4, -0.2) is 58.7 Å². The number of carbonyl (C=O) groups is 1. The van der Waals surface area contributed by atoms with Crippen molar-refractivity contribution >= 4 is 33.3 Å². The number of nitrogens with zero attached hydrogens (tertiary/aromatic N) is 7. The van der Waals surface area contributed by atoms with Gasteiger partial charge in [0.1, 0.15) is 23.6 Å². The number of hydrogen-bond donors (Lipinski definition) is 0. The number of benzene rings is 1. The van der Waals surface area contributed by atoms with Gasteiger partial charge >= 0.3 is 0 Å². The first-order valence-electron chi connectivity index (χ1n) is 11.4. The average Bonchev–Trinajstić information content (AvgIpc) is 3.31. The van der Waals surface area contributed by atoms with Crippen molar-refractivity contribution in [3.05, 3.63) is 64.4 Å². The first-order valence-corrected chi connectivity index (χ1v) is 12.3. The largest absolute Gasteiger partial charge is 0.352 e. The first kappa shape index (κ1) is 22.4. The molecule has 0 unspecified atom stereocenters. The van der Waals surface area contributed by atoms with E-state index in [9.17, 15) is 4.79 Å². The molecule has 2 aromatic heterocycles. The summed E-state index contributed by atoms with van der Waals surface area (Å²) in [5, 5.41) is 10.4. The van der Waals surface area contributed by atoms with Crippen molar-refractivity contribution in [3.63, 3.8) is 0 Å². The summed E-state index contributed by atoms with van der Waals surface area (Å²) < 4.78 is 0. The van der Waals surface area contributed by atoms with E-state index in [1.165, 1.54) is 10.0 Å². The summed E-state index contributed by atoms with van der Waals surface area (Å²) >= 11 is 1.72. The summed E-state index contributed by atoms with van der Waals surface area (Å²) in [5.74, 6) is 0.998. The second-order valence-electron chi connectivity index (χ2n) is 8.40. The molecule has 0 bridgehead atoms. The third-order valence-electron chi connectivity index (χ3n) is 5.91. The Morgan fingerprint density at radius 3 is 2.79 bits per heavy atom. The number of hydroxylamine groups is 1. The Morgan fingerprint density at radius 2 is 2.00 bits per heavy atom. The summed E-state index contributed by atoms with van der Waals surface area (Å²) in [6, 6.07) is 9.77. The number of anilines is 1. The van der Waals surface area contributed by atoms with E-state index in [0.29, 0.717) is 31.8 Å². The van der Waals surface area contributed by atoms with Gasteiger partial charge in [0.25, 0.3) is 5.91 Å². The minimum atomic E-state index is 0.0338. The second-order valence-corrected chi connectivity index (χ2v) is 9.52. The molecule has 0 aliphatic carbocycles. The topological polar surface area (TPSA) is 86.5 Å². The molecule has 0 saturated carbocycles. The zero-order valence-corrected chi connectivity index (χ0v) is 20.2. The van der Waals surface area contributed by atoms with E-state index in [4.69, 9.17) is 4.84 Å². The number of hydrogen-bond acceptors (Lipinski definition) is 9. The molecule has 2 aliphatic rings. The molecule has 1 saturated heterocycles. The second kappa shape index (κ2) is 9.86. The highest BCUT2D eigenvalue weighted by molar-refractivity contribution is 7.18. The molecule has 0 spiro atoms. The van der Waals surface area contributed by atoms with Crippen molar-refractivity contribution in [1.29, 1.82) is 0 Å². The Labute approximate surface area is 202 Å². The quantitative estimate of drug-likeness (QED) is 0.528. The number of rotatable bonds is 6. The summed E-state index contributed by atoms with van der Waals surface area (Å²) in [7, 11) is 0. The van der Waals surface area contributed by atoms with E-state index >= 15 is 0 Å². The van der Waals surface area contributed by atoms with E-state index < -0.39 is 0 Å². The van der Waals surface area contributed by atoms with Crippen LogP contribution >= 0.6 is 11.3 Å². The molecule has 9 nitrogen and oxygen atoms in total. The van der Waals surface area contributed by atoms with Crippen molar-refractivity contribution in [3.8, 4) is 0 Å². The lowest BCUT2D eigenvalue weighted by molar-refractivity contribution is -0.140. The van der Waals surface area contributed by atoms with Crippen LogP contribution in [0.3, 0.4) is 0 Å². The van der Waals surface area contributed by atoms with E-state index in [1.54, 1.807) is 17.7 Å². The Balaban J connectivity index is 1.21. The zero-order valence-electron chi connectivity index (χ0n) is 19.3. The van der Waals surface area contributed by atoms with Gasteiger partial charge in [0.2, 0.25) is 0 Å². The summed E-state index contributed by atoms with van der Waals surface area (Å²) in [4.78, 5) is 34.4. The number of aromatic nitrogens is 2. The van der Waals surface area contributed by atoms with Gasteiger partial charge in [-0.05, 0) is 47.9 Å². The number of thiophene rings is 1. The highest BCUT2D eigenvalue weighted by atomic mass is 32.1. The molecule has 5 rings (SSSR count). The van der Waals surface area contributed by atoms with Crippen LogP contribution in [0, 0.1) is 0 Å². The number of piperazine rings is 1. The third-order valence-corrected chi connectivity index (χ3v) is 7.10. The van der Waals surface area contributed by atoms with Crippen molar-refractivity contribution in [2.45, 2.75) is 26.9 Å². The molecular formula is C24H27N7O2S. The maximum atomic E-state index is 13.2. The van der Waals surface area contributed by atoms with Gasteiger partial charge in [0, 0.05) is 36.6 Å². The lowest BCUT2D eigenvalue weighted by Gasteiger charge is -2.35. The van der Waals surface area contributed by atoms with Crippen molar-refractivity contribution in [2.24, 2.45) is 10.3 Å². The smallest absolute Gasteiger partial charge is 0.253 e. The predicted octanol–water partition coefficient (Wildman–Crippen LogP) is 4.23. The van der Waals surface area contributed by atoms with E-state index in [0.717, 1.165) is 46.7 Å².